The smallest absolute Gasteiger partial charge is 0.272 e. The fraction of sp³-hybridized carbons (Fsp3) is 0.231. The van der Waals surface area contributed by atoms with Gasteiger partial charge in [-0.15, -0.1) is 6.42 Å². The van der Waals surface area contributed by atoms with E-state index in [0.29, 0.717) is 60.0 Å². The molecule has 8 nitrogen and oxygen atoms in total. The first-order chi connectivity index (χ1) is 17.4. The monoisotopic (exact) mass is 504 g/mol. The number of ether oxygens (including phenoxy) is 1. The van der Waals surface area contributed by atoms with Crippen LogP contribution in [0, 0.1) is 12.3 Å². The zero-order valence-electron chi connectivity index (χ0n) is 19.1. The van der Waals surface area contributed by atoms with Crippen molar-refractivity contribution in [1.82, 2.24) is 24.6 Å². The molecule has 1 atom stereocenters. The van der Waals surface area contributed by atoms with Gasteiger partial charge >= 0.3 is 0 Å². The molecule has 1 amide bonds. The van der Waals surface area contributed by atoms with Gasteiger partial charge in [-0.1, -0.05) is 23.6 Å². The Kier molecular flexibility index (Phi) is 6.44. The molecular formula is C26H22ClFN6O2. The molecule has 10 heteroatoms. The molecule has 4 aromatic rings. The molecule has 0 saturated carbocycles. The van der Waals surface area contributed by atoms with Gasteiger partial charge in [0.15, 0.2) is 5.65 Å². The topological polar surface area (TPSA) is 99.2 Å². The number of halogens is 2. The molecular weight excluding hydrogens is 483 g/mol. The lowest BCUT2D eigenvalue weighted by Crippen LogP contribution is -2.41. The van der Waals surface area contributed by atoms with Crippen molar-refractivity contribution in [2.24, 2.45) is 0 Å². The third kappa shape index (κ3) is 4.55. The number of nitrogen functional groups attached to an aromatic ring is 1. The zero-order valence-corrected chi connectivity index (χ0v) is 19.9. The second-order valence-corrected chi connectivity index (χ2v) is 8.79. The lowest BCUT2D eigenvalue weighted by Gasteiger charge is -2.32. The molecule has 3 heterocycles. The molecule has 2 N–H and O–H groups in total. The number of hydrogen-bond donors (Lipinski definition) is 1. The van der Waals surface area contributed by atoms with E-state index in [0.717, 1.165) is 11.1 Å². The van der Waals surface area contributed by atoms with E-state index in [1.54, 1.807) is 6.07 Å². The molecule has 1 unspecified atom stereocenters. The number of rotatable bonds is 5. The average Bonchev–Trinajstić information content (AvgIpc) is 3.30. The van der Waals surface area contributed by atoms with Crippen LogP contribution in [0.4, 0.5) is 10.2 Å². The van der Waals surface area contributed by atoms with Crippen molar-refractivity contribution in [2.45, 2.75) is 24.5 Å². The van der Waals surface area contributed by atoms with Crippen LogP contribution < -0.4 is 10.5 Å². The summed E-state index contributed by atoms with van der Waals surface area (Å²) in [7, 11) is 0. The molecule has 2 aromatic heterocycles. The molecule has 1 aliphatic rings. The number of anilines is 1. The summed E-state index contributed by atoms with van der Waals surface area (Å²) in [6.45, 7) is 0.752. The number of carbonyl (C=O) groups excluding carboxylic acids is 1. The Balaban J connectivity index is 1.42. The predicted octanol–water partition coefficient (Wildman–Crippen LogP) is 4.55. The highest BCUT2D eigenvalue weighted by atomic mass is 35.5. The van der Waals surface area contributed by atoms with E-state index >= 15 is 0 Å². The van der Waals surface area contributed by atoms with Crippen LogP contribution in [0.2, 0.25) is 0 Å². The van der Waals surface area contributed by atoms with E-state index in [2.05, 4.69) is 15.9 Å². The number of piperidine rings is 1. The second-order valence-electron chi connectivity index (χ2n) is 8.41. The standard InChI is InChI=1S/C26H22ClFN6O2/c1-2-16-4-3-5-20(14-16)36-19-8-6-17(7-9-19)22-21-24(29)30-15-31-25(21)34(32-22)18-10-12-33(13-11-18)26(35)23(27)28/h1,3-9,14-15,18,23H,10-13H2,(H2,29,30,31). The van der Waals surface area contributed by atoms with Crippen LogP contribution >= 0.6 is 11.6 Å². The van der Waals surface area contributed by atoms with Crippen LogP contribution in [0.1, 0.15) is 24.4 Å². The first kappa shape index (κ1) is 23.6. The van der Waals surface area contributed by atoms with Crippen LogP contribution in [0.15, 0.2) is 54.9 Å². The van der Waals surface area contributed by atoms with Crippen LogP contribution in [0.25, 0.3) is 22.3 Å². The highest BCUT2D eigenvalue weighted by molar-refractivity contribution is 6.29. The van der Waals surface area contributed by atoms with E-state index < -0.39 is 11.5 Å². The number of terminal acetylenes is 1. The third-order valence-corrected chi connectivity index (χ3v) is 6.38. The lowest BCUT2D eigenvalue weighted by molar-refractivity contribution is -0.135. The van der Waals surface area contributed by atoms with E-state index in [1.165, 1.54) is 11.2 Å². The molecule has 2 aromatic carbocycles. The van der Waals surface area contributed by atoms with Gasteiger partial charge in [-0.3, -0.25) is 4.79 Å². The average molecular weight is 505 g/mol. The summed E-state index contributed by atoms with van der Waals surface area (Å²) in [5, 5.41) is 5.50. The van der Waals surface area contributed by atoms with Gasteiger partial charge in [-0.2, -0.15) is 5.10 Å². The van der Waals surface area contributed by atoms with Gasteiger partial charge < -0.3 is 15.4 Å². The predicted molar refractivity (Wildman–Crippen MR) is 135 cm³/mol. The van der Waals surface area contributed by atoms with Crippen molar-refractivity contribution >= 4 is 34.4 Å². The fourth-order valence-electron chi connectivity index (χ4n) is 4.39. The number of aromatic nitrogens is 4. The second kappa shape index (κ2) is 9.84. The SMILES string of the molecule is C#Cc1cccc(Oc2ccc(-c3nn(C4CCN(C(=O)C(F)Cl)CC4)c4ncnc(N)c34)cc2)c1. The molecule has 36 heavy (non-hydrogen) atoms. The van der Waals surface area contributed by atoms with Crippen molar-refractivity contribution in [3.63, 3.8) is 0 Å². The maximum absolute atomic E-state index is 13.2. The van der Waals surface area contributed by atoms with E-state index in [9.17, 15) is 9.18 Å². The normalized spacial score (nSPS) is 15.0. The van der Waals surface area contributed by atoms with Gasteiger partial charge in [0.25, 0.3) is 11.5 Å². The highest BCUT2D eigenvalue weighted by Gasteiger charge is 2.30. The Morgan fingerprint density at radius 3 is 2.61 bits per heavy atom. The van der Waals surface area contributed by atoms with Crippen LogP contribution in [0.3, 0.4) is 0 Å². The van der Waals surface area contributed by atoms with Crippen molar-refractivity contribution in [2.75, 3.05) is 18.8 Å². The van der Waals surface area contributed by atoms with E-state index in [4.69, 9.17) is 33.6 Å². The van der Waals surface area contributed by atoms with E-state index in [1.807, 2.05) is 47.1 Å². The summed E-state index contributed by atoms with van der Waals surface area (Å²) in [5.74, 6) is 3.49. The number of likely N-dealkylation sites (tertiary alicyclic amines) is 1. The number of alkyl halides is 2. The van der Waals surface area contributed by atoms with Gasteiger partial charge in [0.2, 0.25) is 0 Å². The summed E-state index contributed by atoms with van der Waals surface area (Å²) in [4.78, 5) is 21.9. The summed E-state index contributed by atoms with van der Waals surface area (Å²) >= 11 is 5.33. The Morgan fingerprint density at radius 2 is 1.92 bits per heavy atom. The van der Waals surface area contributed by atoms with E-state index in [-0.39, 0.29) is 6.04 Å². The van der Waals surface area contributed by atoms with Crippen molar-refractivity contribution < 1.29 is 13.9 Å². The largest absolute Gasteiger partial charge is 0.457 e. The van der Waals surface area contributed by atoms with Gasteiger partial charge in [0.1, 0.15) is 29.3 Å². The summed E-state index contributed by atoms with van der Waals surface area (Å²) in [6.07, 6.45) is 8.04. The molecule has 1 fully saturated rings. The van der Waals surface area contributed by atoms with Gasteiger partial charge in [-0.25, -0.2) is 19.0 Å². The molecule has 5 rings (SSSR count). The third-order valence-electron chi connectivity index (χ3n) is 6.19. The van der Waals surface area contributed by atoms with Gasteiger partial charge in [0, 0.05) is 24.2 Å². The van der Waals surface area contributed by atoms with Crippen molar-refractivity contribution in [3.8, 4) is 35.1 Å². The molecule has 0 radical (unpaired) electrons. The summed E-state index contributed by atoms with van der Waals surface area (Å²) in [6, 6.07) is 14.7. The Labute approximate surface area is 211 Å². The number of nitrogens with zero attached hydrogens (tertiary/aromatic N) is 5. The maximum Gasteiger partial charge on any atom is 0.272 e. The Morgan fingerprint density at radius 1 is 1.17 bits per heavy atom. The zero-order chi connectivity index (χ0) is 25.2. The van der Waals surface area contributed by atoms with Crippen molar-refractivity contribution in [1.29, 1.82) is 0 Å². The fourth-order valence-corrected chi connectivity index (χ4v) is 4.53. The molecule has 1 saturated heterocycles. The van der Waals surface area contributed by atoms with Crippen molar-refractivity contribution in [3.05, 3.63) is 60.4 Å². The summed E-state index contributed by atoms with van der Waals surface area (Å²) < 4.78 is 21.0. The number of nitrogens with two attached hydrogens (primary N) is 1. The molecule has 182 valence electrons. The van der Waals surface area contributed by atoms with Gasteiger partial charge in [0.05, 0.1) is 11.4 Å². The Hall–Kier alpha value is -4.16. The molecule has 1 aliphatic heterocycles. The minimum Gasteiger partial charge on any atom is -0.457 e. The number of hydrogen-bond acceptors (Lipinski definition) is 6. The first-order valence-electron chi connectivity index (χ1n) is 11.3. The van der Waals surface area contributed by atoms with Crippen LogP contribution in [0.5, 0.6) is 11.5 Å². The van der Waals surface area contributed by atoms with Gasteiger partial charge in [-0.05, 0) is 55.3 Å². The Bertz CT molecular complexity index is 1460. The van der Waals surface area contributed by atoms with Crippen LogP contribution in [-0.4, -0.2) is 49.3 Å². The number of benzene rings is 2. The number of fused-ring (bicyclic) bond motifs is 1. The number of amides is 1. The number of carbonyl (C=O) groups is 1. The highest BCUT2D eigenvalue weighted by Crippen LogP contribution is 2.35. The molecule has 0 bridgehead atoms. The first-order valence-corrected chi connectivity index (χ1v) is 11.8. The quantitative estimate of drug-likeness (QED) is 0.316. The maximum atomic E-state index is 13.2. The molecule has 0 spiro atoms. The lowest BCUT2D eigenvalue weighted by atomic mass is 10.1. The minimum atomic E-state index is -2.03. The minimum absolute atomic E-state index is 0.0426. The summed E-state index contributed by atoms with van der Waals surface area (Å²) in [5.41, 5.74) is 7.01. The molecule has 0 aliphatic carbocycles. The van der Waals surface area contributed by atoms with Crippen LogP contribution in [-0.2, 0) is 4.79 Å².